The van der Waals surface area contributed by atoms with Gasteiger partial charge in [0.2, 0.25) is 0 Å². The predicted molar refractivity (Wildman–Crippen MR) is 68.2 cm³/mol. The van der Waals surface area contributed by atoms with Gasteiger partial charge in [0, 0.05) is 5.69 Å². The third kappa shape index (κ3) is 2.73. The first kappa shape index (κ1) is 12.7. The van der Waals surface area contributed by atoms with Crippen molar-refractivity contribution in [3.8, 4) is 5.75 Å². The molecule has 1 saturated carbocycles. The highest BCUT2D eigenvalue weighted by atomic mass is 16.3. The van der Waals surface area contributed by atoms with Crippen LogP contribution in [0.15, 0.2) is 18.2 Å². The summed E-state index contributed by atoms with van der Waals surface area (Å²) in [5.41, 5.74) is 6.25. The Morgan fingerprint density at radius 3 is 2.78 bits per heavy atom. The van der Waals surface area contributed by atoms with E-state index in [-0.39, 0.29) is 23.3 Å². The summed E-state index contributed by atoms with van der Waals surface area (Å²) in [6.45, 7) is 0. The molecular weight excluding hydrogens is 232 g/mol. The van der Waals surface area contributed by atoms with Gasteiger partial charge in [-0.25, -0.2) is 0 Å². The molecule has 2 unspecified atom stereocenters. The minimum Gasteiger partial charge on any atom is -0.508 e. The van der Waals surface area contributed by atoms with Gasteiger partial charge < -0.3 is 21.3 Å². The quantitative estimate of drug-likeness (QED) is 0.465. The second kappa shape index (κ2) is 5.27. The van der Waals surface area contributed by atoms with Crippen molar-refractivity contribution in [1.29, 1.82) is 0 Å². The van der Waals surface area contributed by atoms with Gasteiger partial charge in [-0.05, 0) is 31.0 Å². The number of carbonyl (C=O) groups is 1. The molecule has 1 fully saturated rings. The number of phenols is 1. The number of nitrogens with two attached hydrogens (primary N) is 1. The fraction of sp³-hybridized carbons (Fsp3) is 0.462. The van der Waals surface area contributed by atoms with Crippen LogP contribution in [0.2, 0.25) is 0 Å². The van der Waals surface area contributed by atoms with Crippen LogP contribution in [-0.2, 0) is 0 Å². The van der Waals surface area contributed by atoms with Gasteiger partial charge in [-0.1, -0.05) is 12.8 Å². The molecule has 1 aliphatic rings. The summed E-state index contributed by atoms with van der Waals surface area (Å²) < 4.78 is 0. The molecule has 1 aliphatic carbocycles. The molecule has 0 bridgehead atoms. The van der Waals surface area contributed by atoms with Gasteiger partial charge in [-0.15, -0.1) is 0 Å². The zero-order valence-corrected chi connectivity index (χ0v) is 10.1. The highest BCUT2D eigenvalue weighted by Gasteiger charge is 2.25. The van der Waals surface area contributed by atoms with Crippen LogP contribution in [0, 0.1) is 0 Å². The molecule has 1 aromatic rings. The molecule has 0 aliphatic heterocycles. The molecule has 0 heterocycles. The molecule has 0 saturated heterocycles. The molecule has 5 nitrogen and oxygen atoms in total. The van der Waals surface area contributed by atoms with E-state index in [1.807, 2.05) is 0 Å². The van der Waals surface area contributed by atoms with Crippen molar-refractivity contribution in [1.82, 2.24) is 5.32 Å². The number of anilines is 1. The first-order chi connectivity index (χ1) is 8.58. The maximum atomic E-state index is 12.0. The second-order valence-corrected chi connectivity index (χ2v) is 4.70. The number of phenolic OH excluding ortho intramolecular Hbond substituents is 1. The average molecular weight is 250 g/mol. The second-order valence-electron chi connectivity index (χ2n) is 4.70. The van der Waals surface area contributed by atoms with Crippen LogP contribution in [0.1, 0.15) is 36.0 Å². The van der Waals surface area contributed by atoms with Gasteiger partial charge in [0.05, 0.1) is 17.7 Å². The van der Waals surface area contributed by atoms with E-state index in [4.69, 9.17) is 5.73 Å². The molecule has 0 aromatic heterocycles. The third-order valence-electron chi connectivity index (χ3n) is 3.33. The summed E-state index contributed by atoms with van der Waals surface area (Å²) in [4.78, 5) is 12.0. The van der Waals surface area contributed by atoms with Crippen molar-refractivity contribution in [3.05, 3.63) is 23.8 Å². The number of benzene rings is 1. The number of nitrogen functional groups attached to an aromatic ring is 1. The maximum Gasteiger partial charge on any atom is 0.253 e. The van der Waals surface area contributed by atoms with Crippen molar-refractivity contribution in [2.45, 2.75) is 37.8 Å². The summed E-state index contributed by atoms with van der Waals surface area (Å²) in [5.74, 6) is -0.354. The van der Waals surface area contributed by atoms with Crippen LogP contribution >= 0.6 is 0 Å². The van der Waals surface area contributed by atoms with E-state index < -0.39 is 6.10 Å². The van der Waals surface area contributed by atoms with E-state index in [2.05, 4.69) is 5.32 Å². The minimum absolute atomic E-state index is 0.00135. The lowest BCUT2D eigenvalue weighted by molar-refractivity contribution is 0.0717. The standard InChI is InChI=1S/C13H18N2O3/c14-10-6-5-8(16)7-9(10)13(18)15-11-3-1-2-4-12(11)17/h5-7,11-12,16-17H,1-4,14H2,(H,15,18). The number of aliphatic hydroxyl groups excluding tert-OH is 1. The Kier molecular flexibility index (Phi) is 3.72. The Bertz CT molecular complexity index is 448. The lowest BCUT2D eigenvalue weighted by Crippen LogP contribution is -2.45. The summed E-state index contributed by atoms with van der Waals surface area (Å²) in [7, 11) is 0. The molecule has 0 radical (unpaired) electrons. The summed E-state index contributed by atoms with van der Waals surface area (Å²) >= 11 is 0. The number of aromatic hydroxyl groups is 1. The van der Waals surface area contributed by atoms with E-state index in [0.717, 1.165) is 19.3 Å². The number of amides is 1. The minimum atomic E-state index is -0.499. The van der Waals surface area contributed by atoms with Gasteiger partial charge in [-0.3, -0.25) is 4.79 Å². The van der Waals surface area contributed by atoms with Gasteiger partial charge in [0.15, 0.2) is 0 Å². The molecular formula is C13H18N2O3. The molecule has 1 amide bonds. The van der Waals surface area contributed by atoms with Crippen LogP contribution < -0.4 is 11.1 Å². The Morgan fingerprint density at radius 1 is 1.33 bits per heavy atom. The van der Waals surface area contributed by atoms with E-state index in [0.29, 0.717) is 12.1 Å². The van der Waals surface area contributed by atoms with Crippen molar-refractivity contribution >= 4 is 11.6 Å². The first-order valence-electron chi connectivity index (χ1n) is 6.15. The number of hydrogen-bond acceptors (Lipinski definition) is 4. The number of nitrogens with one attached hydrogen (secondary N) is 1. The zero-order chi connectivity index (χ0) is 13.1. The molecule has 5 heteroatoms. The molecule has 98 valence electrons. The van der Waals surface area contributed by atoms with Crippen LogP contribution in [0.3, 0.4) is 0 Å². The smallest absolute Gasteiger partial charge is 0.253 e. The summed E-state index contributed by atoms with van der Waals surface area (Å²) in [6.07, 6.45) is 2.96. The van der Waals surface area contributed by atoms with Crippen molar-refractivity contribution < 1.29 is 15.0 Å². The Hall–Kier alpha value is -1.75. The van der Waals surface area contributed by atoms with Crippen molar-refractivity contribution in [2.75, 3.05) is 5.73 Å². The lowest BCUT2D eigenvalue weighted by atomic mass is 9.92. The number of carbonyl (C=O) groups excluding carboxylic acids is 1. The molecule has 1 aromatic carbocycles. The molecule has 2 rings (SSSR count). The lowest BCUT2D eigenvalue weighted by Gasteiger charge is -2.28. The van der Waals surface area contributed by atoms with E-state index in [9.17, 15) is 15.0 Å². The van der Waals surface area contributed by atoms with Gasteiger partial charge in [-0.2, -0.15) is 0 Å². The van der Waals surface area contributed by atoms with E-state index >= 15 is 0 Å². The van der Waals surface area contributed by atoms with E-state index in [1.165, 1.54) is 18.2 Å². The monoisotopic (exact) mass is 250 g/mol. The average Bonchev–Trinajstić information content (AvgIpc) is 2.35. The first-order valence-corrected chi connectivity index (χ1v) is 6.15. The summed E-state index contributed by atoms with van der Waals surface area (Å²) in [5, 5.41) is 21.9. The molecule has 5 N–H and O–H groups in total. The predicted octanol–water partition coefficient (Wildman–Crippen LogP) is 1.01. The van der Waals surface area contributed by atoms with Crippen molar-refractivity contribution in [2.24, 2.45) is 0 Å². The number of aliphatic hydroxyl groups is 1. The number of hydrogen-bond donors (Lipinski definition) is 4. The largest absolute Gasteiger partial charge is 0.508 e. The Morgan fingerprint density at radius 2 is 2.06 bits per heavy atom. The van der Waals surface area contributed by atoms with Gasteiger partial charge >= 0.3 is 0 Å². The Balaban J connectivity index is 2.09. The Labute approximate surface area is 106 Å². The van der Waals surface area contributed by atoms with Gasteiger partial charge in [0.25, 0.3) is 5.91 Å². The number of rotatable bonds is 2. The maximum absolute atomic E-state index is 12.0. The van der Waals surface area contributed by atoms with Crippen LogP contribution in [0.5, 0.6) is 5.75 Å². The zero-order valence-electron chi connectivity index (χ0n) is 10.1. The fourth-order valence-corrected chi connectivity index (χ4v) is 2.27. The normalized spacial score (nSPS) is 23.6. The van der Waals surface area contributed by atoms with Crippen LogP contribution in [0.4, 0.5) is 5.69 Å². The third-order valence-corrected chi connectivity index (χ3v) is 3.33. The molecule has 0 spiro atoms. The SMILES string of the molecule is Nc1ccc(O)cc1C(=O)NC1CCCCC1O. The van der Waals surface area contributed by atoms with Gasteiger partial charge in [0.1, 0.15) is 5.75 Å². The van der Waals surface area contributed by atoms with E-state index in [1.54, 1.807) is 0 Å². The fourth-order valence-electron chi connectivity index (χ4n) is 2.27. The molecule has 18 heavy (non-hydrogen) atoms. The highest BCUT2D eigenvalue weighted by Crippen LogP contribution is 2.21. The topological polar surface area (TPSA) is 95.6 Å². The summed E-state index contributed by atoms with van der Waals surface area (Å²) in [6, 6.07) is 4.02. The van der Waals surface area contributed by atoms with Crippen LogP contribution in [-0.4, -0.2) is 28.3 Å². The van der Waals surface area contributed by atoms with Crippen LogP contribution in [0.25, 0.3) is 0 Å². The van der Waals surface area contributed by atoms with Crippen molar-refractivity contribution in [3.63, 3.8) is 0 Å². The molecule has 2 atom stereocenters. The highest BCUT2D eigenvalue weighted by molar-refractivity contribution is 5.99.